The van der Waals surface area contributed by atoms with Crippen LogP contribution in [0.2, 0.25) is 0 Å². The topological polar surface area (TPSA) is 20.2 Å². The van der Waals surface area contributed by atoms with E-state index in [1.165, 1.54) is 6.07 Å². The maximum absolute atomic E-state index is 13.0. The quantitative estimate of drug-likeness (QED) is 0.792. The normalized spacial score (nSPS) is 26.4. The van der Waals surface area contributed by atoms with Crippen LogP contribution in [0.3, 0.4) is 0 Å². The first-order valence-corrected chi connectivity index (χ1v) is 5.60. The molecule has 0 radical (unpaired) electrons. The lowest BCUT2D eigenvalue weighted by Crippen LogP contribution is -2.15. The molecule has 0 spiro atoms. The SMILES string of the molecule is CCC(C)C1Cc2cc(F)ccc2C1O. The van der Waals surface area contributed by atoms with Crippen LogP contribution >= 0.6 is 0 Å². The van der Waals surface area contributed by atoms with Gasteiger partial charge in [0.05, 0.1) is 6.10 Å². The van der Waals surface area contributed by atoms with Gasteiger partial charge in [-0.15, -0.1) is 0 Å². The predicted octanol–water partition coefficient (Wildman–Crippen LogP) is 3.08. The lowest BCUT2D eigenvalue weighted by molar-refractivity contribution is 0.0904. The summed E-state index contributed by atoms with van der Waals surface area (Å²) < 4.78 is 13.0. The van der Waals surface area contributed by atoms with Crippen LogP contribution in [0.1, 0.15) is 37.5 Å². The molecule has 82 valence electrons. The van der Waals surface area contributed by atoms with Crippen LogP contribution in [-0.4, -0.2) is 5.11 Å². The first-order valence-electron chi connectivity index (χ1n) is 5.60. The third kappa shape index (κ3) is 1.78. The van der Waals surface area contributed by atoms with Gasteiger partial charge in [0.2, 0.25) is 0 Å². The lowest BCUT2D eigenvalue weighted by Gasteiger charge is -2.21. The zero-order chi connectivity index (χ0) is 11.0. The summed E-state index contributed by atoms with van der Waals surface area (Å²) in [5.74, 6) is 0.535. The van der Waals surface area contributed by atoms with Crippen molar-refractivity contribution in [2.45, 2.75) is 32.8 Å². The molecule has 0 fully saturated rings. The molecular formula is C13H17FO. The standard InChI is InChI=1S/C13H17FO/c1-3-8(2)12-7-9-6-10(14)4-5-11(9)13(12)15/h4-6,8,12-13,15H,3,7H2,1-2H3. The number of aliphatic hydroxyl groups excluding tert-OH is 1. The van der Waals surface area contributed by atoms with Gasteiger partial charge in [-0.05, 0) is 41.5 Å². The highest BCUT2D eigenvalue weighted by atomic mass is 19.1. The van der Waals surface area contributed by atoms with E-state index >= 15 is 0 Å². The number of hydrogen-bond donors (Lipinski definition) is 1. The van der Waals surface area contributed by atoms with Crippen molar-refractivity contribution in [3.8, 4) is 0 Å². The summed E-state index contributed by atoms with van der Waals surface area (Å²) in [6.07, 6.45) is 1.46. The monoisotopic (exact) mass is 208 g/mol. The van der Waals surface area contributed by atoms with Gasteiger partial charge in [0, 0.05) is 0 Å². The molecule has 3 atom stereocenters. The fourth-order valence-corrected chi connectivity index (χ4v) is 2.45. The number of hydrogen-bond acceptors (Lipinski definition) is 1. The molecule has 0 bridgehead atoms. The first-order chi connectivity index (χ1) is 7.13. The highest BCUT2D eigenvalue weighted by Crippen LogP contribution is 2.41. The second-order valence-corrected chi connectivity index (χ2v) is 4.54. The van der Waals surface area contributed by atoms with Crippen LogP contribution in [-0.2, 0) is 6.42 Å². The molecule has 2 heteroatoms. The Morgan fingerprint density at radius 1 is 1.53 bits per heavy atom. The average Bonchev–Trinajstić information content (AvgIpc) is 2.54. The maximum atomic E-state index is 13.0. The summed E-state index contributed by atoms with van der Waals surface area (Å²) in [6.45, 7) is 4.27. The Morgan fingerprint density at radius 3 is 2.93 bits per heavy atom. The molecule has 1 N–H and O–H groups in total. The Balaban J connectivity index is 2.28. The second kappa shape index (κ2) is 3.93. The van der Waals surface area contributed by atoms with E-state index in [1.54, 1.807) is 12.1 Å². The van der Waals surface area contributed by atoms with Crippen molar-refractivity contribution in [2.75, 3.05) is 0 Å². The molecule has 0 amide bonds. The van der Waals surface area contributed by atoms with E-state index < -0.39 is 6.10 Å². The number of halogens is 1. The van der Waals surface area contributed by atoms with Crippen LogP contribution < -0.4 is 0 Å². The molecule has 1 aliphatic rings. The van der Waals surface area contributed by atoms with E-state index in [4.69, 9.17) is 0 Å². The molecule has 1 aromatic carbocycles. The van der Waals surface area contributed by atoms with E-state index in [0.717, 1.165) is 24.0 Å². The molecule has 0 saturated heterocycles. The summed E-state index contributed by atoms with van der Waals surface area (Å²) in [5.41, 5.74) is 1.90. The zero-order valence-corrected chi connectivity index (χ0v) is 9.20. The molecule has 0 aromatic heterocycles. The second-order valence-electron chi connectivity index (χ2n) is 4.54. The fraction of sp³-hybridized carbons (Fsp3) is 0.538. The van der Waals surface area contributed by atoms with Gasteiger partial charge in [0.1, 0.15) is 5.82 Å². The summed E-state index contributed by atoms with van der Waals surface area (Å²) in [7, 11) is 0. The van der Waals surface area contributed by atoms with Crippen LogP contribution in [0.4, 0.5) is 4.39 Å². The predicted molar refractivity (Wildman–Crippen MR) is 58.0 cm³/mol. The van der Waals surface area contributed by atoms with Crippen molar-refractivity contribution in [1.29, 1.82) is 0 Å². The van der Waals surface area contributed by atoms with Crippen LogP contribution in [0.5, 0.6) is 0 Å². The molecule has 0 heterocycles. The maximum Gasteiger partial charge on any atom is 0.123 e. The molecule has 0 aliphatic heterocycles. The number of aliphatic hydroxyl groups is 1. The molecule has 2 rings (SSSR count). The van der Waals surface area contributed by atoms with E-state index in [0.29, 0.717) is 5.92 Å². The van der Waals surface area contributed by atoms with Crippen molar-refractivity contribution in [2.24, 2.45) is 11.8 Å². The Labute approximate surface area is 89.9 Å². The number of fused-ring (bicyclic) bond motifs is 1. The number of benzene rings is 1. The van der Waals surface area contributed by atoms with Gasteiger partial charge in [0.25, 0.3) is 0 Å². The van der Waals surface area contributed by atoms with Gasteiger partial charge in [-0.3, -0.25) is 0 Å². The Hall–Kier alpha value is -0.890. The van der Waals surface area contributed by atoms with Crippen molar-refractivity contribution in [3.63, 3.8) is 0 Å². The van der Waals surface area contributed by atoms with Gasteiger partial charge in [-0.25, -0.2) is 4.39 Å². The van der Waals surface area contributed by atoms with Gasteiger partial charge in [-0.2, -0.15) is 0 Å². The van der Waals surface area contributed by atoms with Crippen molar-refractivity contribution < 1.29 is 9.50 Å². The molecule has 1 aliphatic carbocycles. The summed E-state index contributed by atoms with van der Waals surface area (Å²) in [4.78, 5) is 0. The van der Waals surface area contributed by atoms with E-state index in [2.05, 4.69) is 13.8 Å². The van der Waals surface area contributed by atoms with Crippen molar-refractivity contribution in [1.82, 2.24) is 0 Å². The zero-order valence-electron chi connectivity index (χ0n) is 9.20. The largest absolute Gasteiger partial charge is 0.388 e. The van der Waals surface area contributed by atoms with E-state index in [1.807, 2.05) is 0 Å². The van der Waals surface area contributed by atoms with Crippen molar-refractivity contribution >= 4 is 0 Å². The van der Waals surface area contributed by atoms with E-state index in [-0.39, 0.29) is 11.7 Å². The number of rotatable bonds is 2. The molecule has 3 unspecified atom stereocenters. The van der Waals surface area contributed by atoms with Gasteiger partial charge in [-0.1, -0.05) is 26.3 Å². The van der Waals surface area contributed by atoms with Gasteiger partial charge < -0.3 is 5.11 Å². The summed E-state index contributed by atoms with van der Waals surface area (Å²) in [6, 6.07) is 4.71. The smallest absolute Gasteiger partial charge is 0.123 e. The third-order valence-electron chi connectivity index (χ3n) is 3.66. The Kier molecular flexibility index (Phi) is 2.79. The minimum absolute atomic E-state index is 0.203. The first kappa shape index (κ1) is 10.6. The van der Waals surface area contributed by atoms with Gasteiger partial charge in [0.15, 0.2) is 0 Å². The molecule has 15 heavy (non-hydrogen) atoms. The molecule has 0 saturated carbocycles. The van der Waals surface area contributed by atoms with Crippen LogP contribution in [0, 0.1) is 17.7 Å². The summed E-state index contributed by atoms with van der Waals surface area (Å²) >= 11 is 0. The summed E-state index contributed by atoms with van der Waals surface area (Å²) in [5, 5.41) is 10.1. The van der Waals surface area contributed by atoms with E-state index in [9.17, 15) is 9.50 Å². The highest BCUT2D eigenvalue weighted by molar-refractivity contribution is 5.35. The average molecular weight is 208 g/mol. The molecule has 1 aromatic rings. The van der Waals surface area contributed by atoms with Crippen LogP contribution in [0.25, 0.3) is 0 Å². The minimum atomic E-state index is -0.407. The molecular weight excluding hydrogens is 191 g/mol. The fourth-order valence-electron chi connectivity index (χ4n) is 2.45. The minimum Gasteiger partial charge on any atom is -0.388 e. The Morgan fingerprint density at radius 2 is 2.27 bits per heavy atom. The lowest BCUT2D eigenvalue weighted by atomic mass is 9.88. The van der Waals surface area contributed by atoms with Crippen LogP contribution in [0.15, 0.2) is 18.2 Å². The Bertz CT molecular complexity index is 362. The van der Waals surface area contributed by atoms with Crippen molar-refractivity contribution in [3.05, 3.63) is 35.1 Å². The highest BCUT2D eigenvalue weighted by Gasteiger charge is 2.33. The molecule has 1 nitrogen and oxygen atoms in total. The van der Waals surface area contributed by atoms with Gasteiger partial charge >= 0.3 is 0 Å². The third-order valence-corrected chi connectivity index (χ3v) is 3.66.